The molecule has 1 saturated heterocycles. The van der Waals surface area contributed by atoms with E-state index in [1.807, 2.05) is 0 Å². The van der Waals surface area contributed by atoms with E-state index >= 15 is 0 Å². The van der Waals surface area contributed by atoms with Crippen LogP contribution >= 0.6 is 12.4 Å². The Kier molecular flexibility index (Phi) is 7.29. The lowest BCUT2D eigenvalue weighted by Crippen LogP contribution is -2.52. The Bertz CT molecular complexity index is 690. The van der Waals surface area contributed by atoms with Gasteiger partial charge >= 0.3 is 6.18 Å². The summed E-state index contributed by atoms with van der Waals surface area (Å²) in [6, 6.07) is 2.61. The first-order valence-electron chi connectivity index (χ1n) is 7.51. The quantitative estimate of drug-likeness (QED) is 0.767. The second-order valence-corrected chi connectivity index (χ2v) is 7.78. The maximum absolute atomic E-state index is 12.7. The molecule has 1 unspecified atom stereocenters. The van der Waals surface area contributed by atoms with Gasteiger partial charge in [0, 0.05) is 13.7 Å². The van der Waals surface area contributed by atoms with Gasteiger partial charge in [-0.05, 0) is 50.1 Å². The van der Waals surface area contributed by atoms with Gasteiger partial charge in [0.15, 0.2) is 0 Å². The summed E-state index contributed by atoms with van der Waals surface area (Å²) in [5.74, 6) is 0. The number of alkyl halides is 3. The predicted octanol–water partition coefficient (Wildman–Crippen LogP) is 2.48. The molecule has 1 aliphatic heterocycles. The second-order valence-electron chi connectivity index (χ2n) is 6.05. The average Bonchev–Trinajstić information content (AvgIpc) is 2.93. The van der Waals surface area contributed by atoms with Crippen molar-refractivity contribution >= 4 is 22.4 Å². The largest absolute Gasteiger partial charge is 0.416 e. The van der Waals surface area contributed by atoms with E-state index in [0.29, 0.717) is 6.61 Å². The predicted molar refractivity (Wildman–Crippen MR) is 90.5 cm³/mol. The SMILES string of the molecule is COCC1(CNS(=O)(=O)c2ccc(C(F)(F)F)cc2C)CCCN1.Cl. The van der Waals surface area contributed by atoms with E-state index in [4.69, 9.17) is 4.74 Å². The van der Waals surface area contributed by atoms with Crippen LogP contribution < -0.4 is 10.0 Å². The van der Waals surface area contributed by atoms with Gasteiger partial charge in [0.25, 0.3) is 0 Å². The number of sulfonamides is 1. The molecule has 2 N–H and O–H groups in total. The van der Waals surface area contributed by atoms with E-state index in [1.54, 1.807) is 0 Å². The van der Waals surface area contributed by atoms with Crippen LogP contribution in [0.3, 0.4) is 0 Å². The molecule has 1 aromatic carbocycles. The van der Waals surface area contributed by atoms with Crippen molar-refractivity contribution in [2.75, 3.05) is 26.8 Å². The Balaban J connectivity index is 0.00000312. The minimum absolute atomic E-state index is 0. The number of halogens is 4. The fourth-order valence-corrected chi connectivity index (χ4v) is 4.26. The van der Waals surface area contributed by atoms with Gasteiger partial charge in [0.05, 0.1) is 22.6 Å². The summed E-state index contributed by atoms with van der Waals surface area (Å²) < 4.78 is 70.6. The van der Waals surface area contributed by atoms with E-state index in [1.165, 1.54) is 14.0 Å². The number of nitrogens with one attached hydrogen (secondary N) is 2. The highest BCUT2D eigenvalue weighted by Gasteiger charge is 2.35. The van der Waals surface area contributed by atoms with Crippen LogP contribution in [-0.4, -0.2) is 40.8 Å². The third kappa shape index (κ3) is 5.30. The smallest absolute Gasteiger partial charge is 0.383 e. The van der Waals surface area contributed by atoms with Crippen molar-refractivity contribution in [1.82, 2.24) is 10.0 Å². The Morgan fingerprint density at radius 1 is 1.36 bits per heavy atom. The van der Waals surface area contributed by atoms with Crippen molar-refractivity contribution in [2.45, 2.75) is 36.4 Å². The van der Waals surface area contributed by atoms with Gasteiger partial charge in [-0.1, -0.05) is 0 Å². The summed E-state index contributed by atoms with van der Waals surface area (Å²) in [6.07, 6.45) is -2.84. The number of benzene rings is 1. The summed E-state index contributed by atoms with van der Waals surface area (Å²) in [4.78, 5) is -0.152. The third-order valence-corrected chi connectivity index (χ3v) is 5.71. The number of ether oxygens (including phenoxy) is 1. The first-order chi connectivity index (χ1) is 11.1. The molecule has 0 aromatic heterocycles. The number of aryl methyl sites for hydroxylation is 1. The average molecular weight is 403 g/mol. The summed E-state index contributed by atoms with van der Waals surface area (Å²) in [5.41, 5.74) is -1.30. The van der Waals surface area contributed by atoms with Gasteiger partial charge in [-0.2, -0.15) is 13.2 Å². The molecule has 10 heteroatoms. The van der Waals surface area contributed by atoms with Crippen molar-refractivity contribution < 1.29 is 26.3 Å². The van der Waals surface area contributed by atoms with Gasteiger partial charge in [-0.25, -0.2) is 13.1 Å². The lowest BCUT2D eigenvalue weighted by Gasteiger charge is -2.29. The highest BCUT2D eigenvalue weighted by atomic mass is 35.5. The molecule has 0 spiro atoms. The molecule has 1 heterocycles. The van der Waals surface area contributed by atoms with E-state index in [2.05, 4.69) is 10.0 Å². The standard InChI is InChI=1S/C15H21F3N2O3S.ClH/c1-11-8-12(15(16,17)18)4-5-13(11)24(21,22)20-9-14(10-23-2)6-3-7-19-14;/h4-5,8,19-20H,3,6-7,9-10H2,1-2H3;1H. The zero-order valence-electron chi connectivity index (χ0n) is 13.9. The lowest BCUT2D eigenvalue weighted by molar-refractivity contribution is -0.137. The molecule has 0 aliphatic carbocycles. The van der Waals surface area contributed by atoms with Gasteiger partial charge in [0.1, 0.15) is 0 Å². The Morgan fingerprint density at radius 3 is 2.52 bits per heavy atom. The van der Waals surface area contributed by atoms with Crippen molar-refractivity contribution in [3.05, 3.63) is 29.3 Å². The molecule has 0 bridgehead atoms. The molecular formula is C15H22ClF3N2O3S. The van der Waals surface area contributed by atoms with Crippen molar-refractivity contribution in [3.8, 4) is 0 Å². The van der Waals surface area contributed by atoms with Crippen LogP contribution in [0.4, 0.5) is 13.2 Å². The van der Waals surface area contributed by atoms with Gasteiger partial charge < -0.3 is 10.1 Å². The minimum atomic E-state index is -4.50. The summed E-state index contributed by atoms with van der Waals surface area (Å²) >= 11 is 0. The van der Waals surface area contributed by atoms with E-state index < -0.39 is 27.3 Å². The van der Waals surface area contributed by atoms with E-state index in [-0.39, 0.29) is 29.4 Å². The van der Waals surface area contributed by atoms with Crippen LogP contribution in [0.15, 0.2) is 23.1 Å². The number of hydrogen-bond donors (Lipinski definition) is 2. The first kappa shape index (κ1) is 22.2. The second kappa shape index (κ2) is 8.22. The molecule has 1 atom stereocenters. The van der Waals surface area contributed by atoms with E-state index in [9.17, 15) is 21.6 Å². The zero-order chi connectivity index (χ0) is 18.0. The van der Waals surface area contributed by atoms with Crippen LogP contribution in [0.5, 0.6) is 0 Å². The highest BCUT2D eigenvalue weighted by Crippen LogP contribution is 2.31. The first-order valence-corrected chi connectivity index (χ1v) is 8.99. The monoisotopic (exact) mass is 402 g/mol. The molecule has 5 nitrogen and oxygen atoms in total. The molecule has 1 aromatic rings. The Labute approximate surface area is 151 Å². The third-order valence-electron chi connectivity index (χ3n) is 4.15. The summed E-state index contributed by atoms with van der Waals surface area (Å²) in [5, 5.41) is 3.24. The van der Waals surface area contributed by atoms with Crippen LogP contribution in [-0.2, 0) is 20.9 Å². The Hall–Kier alpha value is -0.870. The fraction of sp³-hybridized carbons (Fsp3) is 0.600. The molecule has 0 radical (unpaired) electrons. The minimum Gasteiger partial charge on any atom is -0.383 e. The van der Waals surface area contributed by atoms with Crippen molar-refractivity contribution in [2.24, 2.45) is 0 Å². The molecule has 0 saturated carbocycles. The number of methoxy groups -OCH3 is 1. The number of hydrogen-bond acceptors (Lipinski definition) is 4. The molecule has 2 rings (SSSR count). The van der Waals surface area contributed by atoms with Gasteiger partial charge in [0.2, 0.25) is 10.0 Å². The van der Waals surface area contributed by atoms with Crippen LogP contribution in [0.2, 0.25) is 0 Å². The maximum atomic E-state index is 12.7. The fourth-order valence-electron chi connectivity index (χ4n) is 2.91. The molecule has 144 valence electrons. The summed E-state index contributed by atoms with van der Waals surface area (Å²) in [7, 11) is -2.37. The van der Waals surface area contributed by atoms with Gasteiger partial charge in [-0.15, -0.1) is 12.4 Å². The summed E-state index contributed by atoms with van der Waals surface area (Å²) in [6.45, 7) is 2.58. The Morgan fingerprint density at radius 2 is 2.04 bits per heavy atom. The molecule has 1 fully saturated rings. The maximum Gasteiger partial charge on any atom is 0.416 e. The molecule has 25 heavy (non-hydrogen) atoms. The van der Waals surface area contributed by atoms with Gasteiger partial charge in [-0.3, -0.25) is 0 Å². The van der Waals surface area contributed by atoms with Crippen molar-refractivity contribution in [1.29, 1.82) is 0 Å². The normalized spacial score (nSPS) is 21.2. The van der Waals surface area contributed by atoms with Crippen molar-refractivity contribution in [3.63, 3.8) is 0 Å². The van der Waals surface area contributed by atoms with Crippen LogP contribution in [0, 0.1) is 6.92 Å². The van der Waals surface area contributed by atoms with Crippen LogP contribution in [0.1, 0.15) is 24.0 Å². The molecular weight excluding hydrogens is 381 g/mol. The zero-order valence-corrected chi connectivity index (χ0v) is 15.6. The molecule has 0 amide bonds. The highest BCUT2D eigenvalue weighted by molar-refractivity contribution is 7.89. The topological polar surface area (TPSA) is 67.4 Å². The number of rotatable bonds is 6. The van der Waals surface area contributed by atoms with E-state index in [0.717, 1.165) is 37.6 Å². The lowest BCUT2D eigenvalue weighted by atomic mass is 9.99. The molecule has 1 aliphatic rings. The van der Waals surface area contributed by atoms with Crippen LogP contribution in [0.25, 0.3) is 0 Å².